The first-order chi connectivity index (χ1) is 11.8. The van der Waals surface area contributed by atoms with Crippen molar-refractivity contribution in [3.8, 4) is 22.6 Å². The first-order valence-corrected chi connectivity index (χ1v) is 9.11. The zero-order valence-corrected chi connectivity index (χ0v) is 14.6. The fourth-order valence-electron chi connectivity index (χ4n) is 3.86. The molecule has 0 saturated carbocycles. The number of anilines is 1. The molecule has 24 heavy (non-hydrogen) atoms. The van der Waals surface area contributed by atoms with Gasteiger partial charge in [-0.05, 0) is 41.7 Å². The van der Waals surface area contributed by atoms with Crippen molar-refractivity contribution in [1.82, 2.24) is 0 Å². The Balaban J connectivity index is 1.80. The Hall–Kier alpha value is -2.16. The van der Waals surface area contributed by atoms with Crippen LogP contribution in [0.5, 0.6) is 11.5 Å². The number of para-hydroxylation sites is 1. The number of hydrogen-bond acceptors (Lipinski definition) is 3. The summed E-state index contributed by atoms with van der Waals surface area (Å²) < 4.78 is 11.2. The van der Waals surface area contributed by atoms with Crippen LogP contribution < -0.4 is 14.4 Å². The fourth-order valence-corrected chi connectivity index (χ4v) is 3.86. The van der Waals surface area contributed by atoms with Gasteiger partial charge in [0.25, 0.3) is 0 Å². The third-order valence-corrected chi connectivity index (χ3v) is 5.10. The van der Waals surface area contributed by atoms with Gasteiger partial charge in [0.15, 0.2) is 11.5 Å². The maximum absolute atomic E-state index is 5.61. The Labute approximate surface area is 144 Å². The standard InChI is InChI=1S/C21H25NO2/c1-3-5-6-10-22-13-16-11-19-20(24-14-23-19)12-18(16)17-9-7-8-15(4-2)21(17)22/h7-9,11-12H,3-6,10,13-14H2,1-2H3. The molecule has 0 fully saturated rings. The predicted octanol–water partition coefficient (Wildman–Crippen LogP) is 5.15. The summed E-state index contributed by atoms with van der Waals surface area (Å²) in [5.41, 5.74) is 6.84. The van der Waals surface area contributed by atoms with E-state index >= 15 is 0 Å². The molecule has 2 aliphatic heterocycles. The summed E-state index contributed by atoms with van der Waals surface area (Å²) in [7, 11) is 0. The lowest BCUT2D eigenvalue weighted by molar-refractivity contribution is 0.174. The van der Waals surface area contributed by atoms with E-state index in [4.69, 9.17) is 9.47 Å². The molecule has 0 atom stereocenters. The van der Waals surface area contributed by atoms with E-state index in [1.165, 1.54) is 47.2 Å². The Morgan fingerprint density at radius 2 is 1.83 bits per heavy atom. The van der Waals surface area contributed by atoms with Crippen LogP contribution in [0, 0.1) is 0 Å². The van der Waals surface area contributed by atoms with Crippen molar-refractivity contribution >= 4 is 5.69 Å². The number of unbranched alkanes of at least 4 members (excludes halogenated alkanes) is 2. The number of hydrogen-bond donors (Lipinski definition) is 0. The van der Waals surface area contributed by atoms with E-state index in [-0.39, 0.29) is 0 Å². The summed E-state index contributed by atoms with van der Waals surface area (Å²) in [6.07, 6.45) is 4.85. The smallest absolute Gasteiger partial charge is 0.231 e. The van der Waals surface area contributed by atoms with Crippen LogP contribution in [0.15, 0.2) is 30.3 Å². The Kier molecular flexibility index (Phi) is 4.09. The third kappa shape index (κ3) is 2.52. The average molecular weight is 323 g/mol. The normalized spacial score (nSPS) is 14.5. The van der Waals surface area contributed by atoms with Crippen LogP contribution in [-0.2, 0) is 13.0 Å². The number of benzene rings is 2. The van der Waals surface area contributed by atoms with Crippen LogP contribution in [0.25, 0.3) is 11.1 Å². The van der Waals surface area contributed by atoms with E-state index in [1.807, 2.05) is 0 Å². The maximum atomic E-state index is 5.61. The molecule has 2 aromatic carbocycles. The monoisotopic (exact) mass is 323 g/mol. The lowest BCUT2D eigenvalue weighted by atomic mass is 9.90. The van der Waals surface area contributed by atoms with Gasteiger partial charge in [0.2, 0.25) is 6.79 Å². The summed E-state index contributed by atoms with van der Waals surface area (Å²) in [5, 5.41) is 0. The molecule has 126 valence electrons. The SMILES string of the molecule is CCCCCN1Cc2cc3c(cc2-c2cccc(CC)c21)OCO3. The first kappa shape index (κ1) is 15.4. The van der Waals surface area contributed by atoms with Crippen molar-refractivity contribution in [3.05, 3.63) is 41.5 Å². The fraction of sp³-hybridized carbons (Fsp3) is 0.429. The molecule has 0 unspecified atom stereocenters. The highest BCUT2D eigenvalue weighted by atomic mass is 16.7. The van der Waals surface area contributed by atoms with Crippen LogP contribution in [0.4, 0.5) is 5.69 Å². The number of rotatable bonds is 5. The van der Waals surface area contributed by atoms with E-state index < -0.39 is 0 Å². The van der Waals surface area contributed by atoms with Gasteiger partial charge in [-0.25, -0.2) is 0 Å². The highest BCUT2D eigenvalue weighted by molar-refractivity contribution is 5.87. The van der Waals surface area contributed by atoms with Gasteiger partial charge in [-0.1, -0.05) is 44.9 Å². The lowest BCUT2D eigenvalue weighted by Crippen LogP contribution is -2.28. The van der Waals surface area contributed by atoms with Crippen molar-refractivity contribution < 1.29 is 9.47 Å². The van der Waals surface area contributed by atoms with Crippen LogP contribution in [-0.4, -0.2) is 13.3 Å². The largest absolute Gasteiger partial charge is 0.454 e. The zero-order chi connectivity index (χ0) is 16.5. The van der Waals surface area contributed by atoms with E-state index in [0.29, 0.717) is 6.79 Å². The Morgan fingerprint density at radius 3 is 2.62 bits per heavy atom. The molecule has 2 aromatic rings. The molecular formula is C21H25NO2. The zero-order valence-electron chi connectivity index (χ0n) is 14.6. The number of aryl methyl sites for hydroxylation is 1. The average Bonchev–Trinajstić information content (AvgIpc) is 3.07. The number of nitrogens with zero attached hydrogens (tertiary/aromatic N) is 1. The molecule has 0 bridgehead atoms. The molecule has 0 amide bonds. The second-order valence-corrected chi connectivity index (χ2v) is 6.66. The molecule has 0 radical (unpaired) electrons. The minimum absolute atomic E-state index is 0.334. The van der Waals surface area contributed by atoms with Gasteiger partial charge >= 0.3 is 0 Å². The minimum atomic E-state index is 0.334. The second kappa shape index (κ2) is 6.39. The molecule has 0 saturated heterocycles. The van der Waals surface area contributed by atoms with E-state index in [2.05, 4.69) is 49.1 Å². The van der Waals surface area contributed by atoms with Gasteiger partial charge in [0.1, 0.15) is 0 Å². The van der Waals surface area contributed by atoms with Crippen molar-refractivity contribution in [2.24, 2.45) is 0 Å². The second-order valence-electron chi connectivity index (χ2n) is 6.66. The molecule has 3 nitrogen and oxygen atoms in total. The van der Waals surface area contributed by atoms with Gasteiger partial charge in [-0.15, -0.1) is 0 Å². The van der Waals surface area contributed by atoms with Crippen molar-refractivity contribution in [2.75, 3.05) is 18.2 Å². The van der Waals surface area contributed by atoms with Crippen LogP contribution in [0.2, 0.25) is 0 Å². The number of fused-ring (bicyclic) bond motifs is 4. The summed E-state index contributed by atoms with van der Waals surface area (Å²) in [4.78, 5) is 2.56. The first-order valence-electron chi connectivity index (χ1n) is 9.11. The minimum Gasteiger partial charge on any atom is -0.454 e. The molecule has 0 spiro atoms. The topological polar surface area (TPSA) is 21.7 Å². The van der Waals surface area contributed by atoms with Gasteiger partial charge in [-0.2, -0.15) is 0 Å². The molecule has 0 aromatic heterocycles. The molecule has 2 heterocycles. The van der Waals surface area contributed by atoms with E-state index in [9.17, 15) is 0 Å². The Morgan fingerprint density at radius 1 is 1.00 bits per heavy atom. The number of ether oxygens (including phenoxy) is 2. The van der Waals surface area contributed by atoms with E-state index in [0.717, 1.165) is 31.0 Å². The molecule has 2 aliphatic rings. The highest BCUT2D eigenvalue weighted by Gasteiger charge is 2.27. The van der Waals surface area contributed by atoms with Crippen molar-refractivity contribution in [3.63, 3.8) is 0 Å². The third-order valence-electron chi connectivity index (χ3n) is 5.10. The van der Waals surface area contributed by atoms with Gasteiger partial charge < -0.3 is 14.4 Å². The summed E-state index contributed by atoms with van der Waals surface area (Å²) in [5.74, 6) is 1.76. The summed E-state index contributed by atoms with van der Waals surface area (Å²) in [6.45, 7) is 6.91. The maximum Gasteiger partial charge on any atom is 0.231 e. The molecular weight excluding hydrogens is 298 g/mol. The van der Waals surface area contributed by atoms with Crippen LogP contribution >= 0.6 is 0 Å². The van der Waals surface area contributed by atoms with Gasteiger partial charge in [0, 0.05) is 24.3 Å². The van der Waals surface area contributed by atoms with Gasteiger partial charge in [-0.3, -0.25) is 0 Å². The summed E-state index contributed by atoms with van der Waals surface area (Å²) >= 11 is 0. The lowest BCUT2D eigenvalue weighted by Gasteiger charge is -2.35. The quantitative estimate of drug-likeness (QED) is 0.710. The predicted molar refractivity (Wildman–Crippen MR) is 98.0 cm³/mol. The molecule has 0 N–H and O–H groups in total. The van der Waals surface area contributed by atoms with Crippen LogP contribution in [0.3, 0.4) is 0 Å². The van der Waals surface area contributed by atoms with Crippen molar-refractivity contribution in [1.29, 1.82) is 0 Å². The van der Waals surface area contributed by atoms with Gasteiger partial charge in [0.05, 0.1) is 0 Å². The molecule has 4 rings (SSSR count). The van der Waals surface area contributed by atoms with E-state index in [1.54, 1.807) is 0 Å². The molecule has 0 aliphatic carbocycles. The summed E-state index contributed by atoms with van der Waals surface area (Å²) in [6, 6.07) is 11.0. The van der Waals surface area contributed by atoms with Crippen LogP contribution in [0.1, 0.15) is 44.2 Å². The molecule has 3 heteroatoms. The van der Waals surface area contributed by atoms with Crippen molar-refractivity contribution in [2.45, 2.75) is 46.1 Å². The Bertz CT molecular complexity index is 754. The highest BCUT2D eigenvalue weighted by Crippen LogP contribution is 2.46.